The van der Waals surface area contributed by atoms with Crippen molar-refractivity contribution in [2.75, 3.05) is 7.05 Å². The van der Waals surface area contributed by atoms with Gasteiger partial charge < -0.3 is 5.73 Å². The number of nitrogens with two attached hydrogens (primary N) is 1. The third-order valence-electron chi connectivity index (χ3n) is 3.48. The molecule has 0 saturated heterocycles. The van der Waals surface area contributed by atoms with Crippen molar-refractivity contribution in [3.63, 3.8) is 0 Å². The first-order chi connectivity index (χ1) is 10.7. The number of hydrogen-bond donors (Lipinski definition) is 2. The molecule has 1 atom stereocenters. The van der Waals surface area contributed by atoms with E-state index in [0.29, 0.717) is 12.4 Å². The number of halogens is 1. The van der Waals surface area contributed by atoms with E-state index >= 15 is 0 Å². The highest BCUT2D eigenvalue weighted by Crippen LogP contribution is 2.24. The molecule has 0 unspecified atom stereocenters. The Morgan fingerprint density at radius 1 is 1.43 bits per heavy atom. The van der Waals surface area contributed by atoms with Crippen LogP contribution in [0.25, 0.3) is 0 Å². The predicted octanol–water partition coefficient (Wildman–Crippen LogP) is 2.52. The molecule has 0 saturated carbocycles. The van der Waals surface area contributed by atoms with E-state index < -0.39 is 11.9 Å². The van der Waals surface area contributed by atoms with Gasteiger partial charge in [-0.2, -0.15) is 5.10 Å². The summed E-state index contributed by atoms with van der Waals surface area (Å²) in [5, 5.41) is 7.18. The van der Waals surface area contributed by atoms with E-state index in [0.717, 1.165) is 15.9 Å². The summed E-state index contributed by atoms with van der Waals surface area (Å²) in [6.07, 6.45) is 0. The Hall–Kier alpha value is -1.73. The molecule has 1 amide bonds. The monoisotopic (exact) mass is 379 g/mol. The highest BCUT2D eigenvalue weighted by molar-refractivity contribution is 9.10. The Morgan fingerprint density at radius 3 is 2.65 bits per heavy atom. The van der Waals surface area contributed by atoms with Crippen LogP contribution in [0.4, 0.5) is 0 Å². The number of H-pyrrole nitrogens is 1. The van der Waals surface area contributed by atoms with Crippen LogP contribution in [0.3, 0.4) is 0 Å². The Bertz CT molecular complexity index is 692. The zero-order valence-electron chi connectivity index (χ0n) is 13.8. The maximum Gasteiger partial charge on any atom is 0.239 e. The first-order valence-electron chi connectivity index (χ1n) is 7.35. The van der Waals surface area contributed by atoms with Crippen molar-refractivity contribution in [3.05, 3.63) is 46.0 Å². The number of carbonyl (C=O) groups excluding carboxylic acids is 1. The van der Waals surface area contributed by atoms with Gasteiger partial charge >= 0.3 is 0 Å². The molecule has 6 nitrogen and oxygen atoms in total. The minimum absolute atomic E-state index is 0.124. The van der Waals surface area contributed by atoms with Crippen molar-refractivity contribution < 1.29 is 4.79 Å². The minimum atomic E-state index is -0.532. The van der Waals surface area contributed by atoms with Crippen molar-refractivity contribution in [1.29, 1.82) is 0 Å². The summed E-state index contributed by atoms with van der Waals surface area (Å²) >= 11 is 3.42. The topological polar surface area (TPSA) is 87.9 Å². The molecule has 124 valence electrons. The van der Waals surface area contributed by atoms with Crippen LogP contribution >= 0.6 is 15.9 Å². The zero-order chi connectivity index (χ0) is 17.2. The second-order valence-electron chi connectivity index (χ2n) is 6.63. The Labute approximate surface area is 144 Å². The third kappa shape index (κ3) is 4.39. The highest BCUT2D eigenvalue weighted by Gasteiger charge is 2.25. The summed E-state index contributed by atoms with van der Waals surface area (Å²) in [4.78, 5) is 18.3. The first kappa shape index (κ1) is 17.6. The molecule has 23 heavy (non-hydrogen) atoms. The number of aromatic nitrogens is 3. The highest BCUT2D eigenvalue weighted by atomic mass is 79.9. The van der Waals surface area contributed by atoms with Crippen LogP contribution in [0.1, 0.15) is 44.0 Å². The second kappa shape index (κ2) is 6.80. The van der Waals surface area contributed by atoms with Gasteiger partial charge in [0.2, 0.25) is 5.91 Å². The Morgan fingerprint density at radius 2 is 2.13 bits per heavy atom. The Kier molecular flexibility index (Phi) is 5.21. The SMILES string of the molecule is CN(Cc1nc(C(C)(C)C)n[nH]1)[C@H](C(N)=O)c1cccc(Br)c1. The van der Waals surface area contributed by atoms with Gasteiger partial charge in [0.15, 0.2) is 5.82 Å². The van der Waals surface area contributed by atoms with Crippen molar-refractivity contribution in [1.82, 2.24) is 20.1 Å². The van der Waals surface area contributed by atoms with Crippen molar-refractivity contribution in [2.24, 2.45) is 5.73 Å². The molecular formula is C16H22BrN5O. The number of nitrogens with one attached hydrogen (secondary N) is 1. The van der Waals surface area contributed by atoms with E-state index in [2.05, 4.69) is 51.9 Å². The van der Waals surface area contributed by atoms with Gasteiger partial charge in [0.05, 0.1) is 6.54 Å². The number of rotatable bonds is 5. The molecule has 1 aromatic heterocycles. The van der Waals surface area contributed by atoms with Gasteiger partial charge in [-0.15, -0.1) is 0 Å². The molecule has 1 aromatic carbocycles. The largest absolute Gasteiger partial charge is 0.368 e. The van der Waals surface area contributed by atoms with E-state index in [1.165, 1.54) is 0 Å². The number of amides is 1. The smallest absolute Gasteiger partial charge is 0.239 e. The number of benzene rings is 1. The molecule has 2 rings (SSSR count). The molecule has 2 aromatic rings. The second-order valence-corrected chi connectivity index (χ2v) is 7.55. The van der Waals surface area contributed by atoms with Gasteiger partial charge in [0, 0.05) is 9.89 Å². The lowest BCUT2D eigenvalue weighted by Gasteiger charge is -2.25. The van der Waals surface area contributed by atoms with E-state index in [9.17, 15) is 4.79 Å². The number of primary amides is 1. The van der Waals surface area contributed by atoms with Crippen molar-refractivity contribution >= 4 is 21.8 Å². The van der Waals surface area contributed by atoms with Crippen molar-refractivity contribution in [3.8, 4) is 0 Å². The number of hydrogen-bond acceptors (Lipinski definition) is 4. The summed E-state index contributed by atoms with van der Waals surface area (Å²) in [5.74, 6) is 1.05. The normalized spacial score (nSPS) is 13.3. The third-order valence-corrected chi connectivity index (χ3v) is 3.97. The van der Waals surface area contributed by atoms with Gasteiger partial charge in [-0.05, 0) is 24.7 Å². The van der Waals surface area contributed by atoms with E-state index in [1.807, 2.05) is 36.2 Å². The van der Waals surface area contributed by atoms with E-state index in [4.69, 9.17) is 5.73 Å². The lowest BCUT2D eigenvalue weighted by atomic mass is 9.96. The van der Waals surface area contributed by atoms with Crippen LogP contribution in [0.15, 0.2) is 28.7 Å². The van der Waals surface area contributed by atoms with Crippen LogP contribution in [0, 0.1) is 0 Å². The lowest BCUT2D eigenvalue weighted by molar-refractivity contribution is -0.123. The molecule has 1 heterocycles. The van der Waals surface area contributed by atoms with Crippen LogP contribution in [0.2, 0.25) is 0 Å². The van der Waals surface area contributed by atoms with Gasteiger partial charge in [-0.25, -0.2) is 4.98 Å². The van der Waals surface area contributed by atoms with E-state index in [-0.39, 0.29) is 5.41 Å². The quantitative estimate of drug-likeness (QED) is 0.835. The molecule has 0 aliphatic heterocycles. The first-order valence-corrected chi connectivity index (χ1v) is 8.14. The summed E-state index contributed by atoms with van der Waals surface area (Å²) in [7, 11) is 1.84. The minimum Gasteiger partial charge on any atom is -0.368 e. The fraction of sp³-hybridized carbons (Fsp3) is 0.438. The molecular weight excluding hydrogens is 358 g/mol. The Balaban J connectivity index is 2.21. The molecule has 0 radical (unpaired) electrons. The van der Waals surface area contributed by atoms with Crippen LogP contribution in [-0.2, 0) is 16.8 Å². The summed E-state index contributed by atoms with van der Waals surface area (Å²) in [6, 6.07) is 7.05. The van der Waals surface area contributed by atoms with Gasteiger partial charge in [-0.1, -0.05) is 48.8 Å². The van der Waals surface area contributed by atoms with Gasteiger partial charge in [-0.3, -0.25) is 14.8 Å². The van der Waals surface area contributed by atoms with Crippen molar-refractivity contribution in [2.45, 2.75) is 38.8 Å². The predicted molar refractivity (Wildman–Crippen MR) is 92.6 cm³/mol. The summed E-state index contributed by atoms with van der Waals surface area (Å²) in [6.45, 7) is 6.61. The van der Waals surface area contributed by atoms with Crippen LogP contribution in [-0.4, -0.2) is 33.0 Å². The summed E-state index contributed by atoms with van der Waals surface area (Å²) < 4.78 is 0.907. The maximum atomic E-state index is 11.9. The molecule has 0 spiro atoms. The molecule has 0 fully saturated rings. The fourth-order valence-corrected chi connectivity index (χ4v) is 2.76. The summed E-state index contributed by atoms with van der Waals surface area (Å²) in [5.41, 5.74) is 6.32. The van der Waals surface area contributed by atoms with Crippen LogP contribution < -0.4 is 5.73 Å². The molecule has 3 N–H and O–H groups in total. The van der Waals surface area contributed by atoms with Gasteiger partial charge in [0.1, 0.15) is 11.9 Å². The number of aromatic amines is 1. The number of likely N-dealkylation sites (N-methyl/N-ethyl adjacent to an activating group) is 1. The standard InChI is InChI=1S/C16H22BrN5O/c1-16(2,3)15-19-12(20-21-15)9-22(4)13(14(18)23)10-6-5-7-11(17)8-10/h5-8,13H,9H2,1-4H3,(H2,18,23)(H,19,20,21)/t13-/m0/s1. The maximum absolute atomic E-state index is 11.9. The lowest BCUT2D eigenvalue weighted by Crippen LogP contribution is -2.35. The van der Waals surface area contributed by atoms with Gasteiger partial charge in [0.25, 0.3) is 0 Å². The molecule has 0 bridgehead atoms. The number of nitrogens with zero attached hydrogens (tertiary/aromatic N) is 3. The van der Waals surface area contributed by atoms with Crippen LogP contribution in [0.5, 0.6) is 0 Å². The molecule has 0 aliphatic rings. The zero-order valence-corrected chi connectivity index (χ0v) is 15.4. The average molecular weight is 380 g/mol. The molecule has 0 aliphatic carbocycles. The molecule has 7 heteroatoms. The fourth-order valence-electron chi connectivity index (χ4n) is 2.34. The van der Waals surface area contributed by atoms with E-state index in [1.54, 1.807) is 0 Å². The average Bonchev–Trinajstić information content (AvgIpc) is 2.86. The number of carbonyl (C=O) groups is 1.